The van der Waals surface area contributed by atoms with Gasteiger partial charge in [-0.2, -0.15) is 0 Å². The van der Waals surface area contributed by atoms with Crippen LogP contribution < -0.4 is 0 Å². The van der Waals surface area contributed by atoms with E-state index in [-0.39, 0.29) is 18.4 Å². The number of piperidine rings is 1. The molecule has 0 saturated carbocycles. The summed E-state index contributed by atoms with van der Waals surface area (Å²) < 4.78 is 0. The molecular weight excluding hydrogens is 236 g/mol. The zero-order valence-electron chi connectivity index (χ0n) is 11.0. The molecule has 2 amide bonds. The Labute approximate surface area is 107 Å². The lowest BCUT2D eigenvalue weighted by atomic mass is 9.96. The van der Waals surface area contributed by atoms with Crippen molar-refractivity contribution in [2.24, 2.45) is 5.92 Å². The van der Waals surface area contributed by atoms with Crippen LogP contribution in [0.15, 0.2) is 0 Å². The van der Waals surface area contributed by atoms with Gasteiger partial charge in [0.2, 0.25) is 0 Å². The number of aliphatic carboxylic acids is 1. The lowest BCUT2D eigenvalue weighted by Gasteiger charge is -2.36. The van der Waals surface area contributed by atoms with Crippen LogP contribution >= 0.6 is 0 Å². The second-order valence-corrected chi connectivity index (χ2v) is 4.98. The van der Waals surface area contributed by atoms with Crippen molar-refractivity contribution in [2.75, 3.05) is 26.7 Å². The van der Waals surface area contributed by atoms with Crippen molar-refractivity contribution in [1.82, 2.24) is 9.80 Å². The molecule has 2 atom stereocenters. The minimum absolute atomic E-state index is 0.0667. The summed E-state index contributed by atoms with van der Waals surface area (Å²) in [6, 6.07) is -0.133. The number of carboxylic acid groups (broad SMARTS) is 1. The molecule has 104 valence electrons. The van der Waals surface area contributed by atoms with Gasteiger partial charge in [0.25, 0.3) is 0 Å². The van der Waals surface area contributed by atoms with Crippen LogP contribution in [0.3, 0.4) is 0 Å². The molecule has 1 heterocycles. The minimum Gasteiger partial charge on any atom is -0.481 e. The van der Waals surface area contributed by atoms with Crippen molar-refractivity contribution < 1.29 is 19.8 Å². The lowest BCUT2D eigenvalue weighted by Crippen LogP contribution is -2.50. The highest BCUT2D eigenvalue weighted by Gasteiger charge is 2.28. The molecule has 2 unspecified atom stereocenters. The van der Waals surface area contributed by atoms with E-state index in [9.17, 15) is 14.7 Å². The first-order chi connectivity index (χ1) is 8.41. The number of hydrogen-bond donors (Lipinski definition) is 2. The van der Waals surface area contributed by atoms with Gasteiger partial charge in [-0.05, 0) is 18.8 Å². The van der Waals surface area contributed by atoms with E-state index < -0.39 is 12.1 Å². The Morgan fingerprint density at radius 2 is 2.11 bits per heavy atom. The molecule has 0 aromatic heterocycles. The Hall–Kier alpha value is -1.30. The van der Waals surface area contributed by atoms with Gasteiger partial charge in [0.15, 0.2) is 0 Å². The van der Waals surface area contributed by atoms with E-state index in [1.165, 1.54) is 4.90 Å². The van der Waals surface area contributed by atoms with Gasteiger partial charge in [-0.1, -0.05) is 6.92 Å². The molecule has 0 radical (unpaired) electrons. The fourth-order valence-corrected chi connectivity index (χ4v) is 2.03. The Balaban J connectivity index is 2.36. The number of β-amino-alcohol motifs (C(OH)–C–C–N with tert-alkyl or cyclic N) is 1. The van der Waals surface area contributed by atoms with Crippen molar-refractivity contribution in [1.29, 1.82) is 0 Å². The number of aliphatic hydroxyl groups is 1. The van der Waals surface area contributed by atoms with Crippen LogP contribution in [-0.2, 0) is 4.79 Å². The molecule has 1 fully saturated rings. The first-order valence-electron chi connectivity index (χ1n) is 6.31. The van der Waals surface area contributed by atoms with Crippen LogP contribution in [0.2, 0.25) is 0 Å². The molecule has 0 spiro atoms. The number of nitrogens with zero attached hydrogens (tertiary/aromatic N) is 2. The van der Waals surface area contributed by atoms with Crippen LogP contribution in [0, 0.1) is 5.92 Å². The third kappa shape index (κ3) is 4.18. The lowest BCUT2D eigenvalue weighted by molar-refractivity contribution is -0.137. The molecule has 0 aromatic carbocycles. The van der Waals surface area contributed by atoms with Crippen molar-refractivity contribution in [3.8, 4) is 0 Å². The van der Waals surface area contributed by atoms with Gasteiger partial charge in [0, 0.05) is 33.1 Å². The maximum atomic E-state index is 12.0. The number of carboxylic acids is 1. The second-order valence-electron chi connectivity index (χ2n) is 4.98. The third-order valence-corrected chi connectivity index (χ3v) is 3.40. The molecule has 1 saturated heterocycles. The summed E-state index contributed by atoms with van der Waals surface area (Å²) in [7, 11) is 1.66. The normalized spacial score (nSPS) is 23.8. The van der Waals surface area contributed by atoms with Crippen LogP contribution in [-0.4, -0.2) is 64.8 Å². The number of carbonyl (C=O) groups is 2. The Bertz CT molecular complexity index is 308. The fourth-order valence-electron chi connectivity index (χ4n) is 2.03. The number of rotatable bonds is 4. The largest absolute Gasteiger partial charge is 0.481 e. The summed E-state index contributed by atoms with van der Waals surface area (Å²) in [5.41, 5.74) is 0. The summed E-state index contributed by atoms with van der Waals surface area (Å²) in [4.78, 5) is 25.6. The van der Waals surface area contributed by atoms with E-state index in [2.05, 4.69) is 0 Å². The molecule has 0 aromatic rings. The Morgan fingerprint density at radius 1 is 1.44 bits per heavy atom. The number of urea groups is 1. The molecule has 0 bridgehead atoms. The van der Waals surface area contributed by atoms with Gasteiger partial charge < -0.3 is 20.0 Å². The predicted molar refractivity (Wildman–Crippen MR) is 66.3 cm³/mol. The van der Waals surface area contributed by atoms with E-state index in [4.69, 9.17) is 5.11 Å². The number of hydrogen-bond acceptors (Lipinski definition) is 3. The average molecular weight is 258 g/mol. The van der Waals surface area contributed by atoms with E-state index in [0.717, 1.165) is 6.42 Å². The van der Waals surface area contributed by atoms with E-state index >= 15 is 0 Å². The third-order valence-electron chi connectivity index (χ3n) is 3.40. The SMILES string of the molecule is CC1CCN(C(=O)N(C)CCCC(=O)O)CC1O. The zero-order valence-corrected chi connectivity index (χ0v) is 11.0. The quantitative estimate of drug-likeness (QED) is 0.774. The van der Waals surface area contributed by atoms with Gasteiger partial charge in [0.1, 0.15) is 0 Å². The average Bonchev–Trinajstić information content (AvgIpc) is 2.31. The molecule has 1 aliphatic rings. The highest BCUT2D eigenvalue weighted by molar-refractivity contribution is 5.74. The van der Waals surface area contributed by atoms with E-state index in [1.807, 2.05) is 6.92 Å². The monoisotopic (exact) mass is 258 g/mol. The summed E-state index contributed by atoms with van der Waals surface area (Å²) >= 11 is 0. The summed E-state index contributed by atoms with van der Waals surface area (Å²) in [5.74, 6) is -0.621. The van der Waals surface area contributed by atoms with Gasteiger partial charge in [-0.3, -0.25) is 4.79 Å². The van der Waals surface area contributed by atoms with Gasteiger partial charge >= 0.3 is 12.0 Å². The topological polar surface area (TPSA) is 81.1 Å². The number of carbonyl (C=O) groups excluding carboxylic acids is 1. The molecule has 1 rings (SSSR count). The minimum atomic E-state index is -0.849. The van der Waals surface area contributed by atoms with E-state index in [0.29, 0.717) is 26.1 Å². The summed E-state index contributed by atoms with van der Waals surface area (Å²) in [6.07, 6.45) is 0.854. The maximum Gasteiger partial charge on any atom is 0.319 e. The molecule has 18 heavy (non-hydrogen) atoms. The van der Waals surface area contributed by atoms with Crippen LogP contribution in [0.5, 0.6) is 0 Å². The molecule has 2 N–H and O–H groups in total. The fraction of sp³-hybridized carbons (Fsp3) is 0.833. The van der Waals surface area contributed by atoms with Crippen LogP contribution in [0.1, 0.15) is 26.2 Å². The van der Waals surface area contributed by atoms with E-state index in [1.54, 1.807) is 11.9 Å². The zero-order chi connectivity index (χ0) is 13.7. The molecule has 6 heteroatoms. The highest BCUT2D eigenvalue weighted by Crippen LogP contribution is 2.17. The number of aliphatic hydroxyl groups excluding tert-OH is 1. The summed E-state index contributed by atoms with van der Waals surface area (Å²) in [5, 5.41) is 18.3. The number of amides is 2. The van der Waals surface area contributed by atoms with Gasteiger partial charge in [-0.25, -0.2) is 4.79 Å². The first-order valence-corrected chi connectivity index (χ1v) is 6.31. The van der Waals surface area contributed by atoms with Gasteiger partial charge in [0.05, 0.1) is 6.10 Å². The van der Waals surface area contributed by atoms with Gasteiger partial charge in [-0.15, -0.1) is 0 Å². The summed E-state index contributed by atoms with van der Waals surface area (Å²) in [6.45, 7) is 3.42. The molecule has 0 aliphatic carbocycles. The number of likely N-dealkylation sites (tertiary alicyclic amines) is 1. The Kier molecular flexibility index (Phi) is 5.40. The molecule has 1 aliphatic heterocycles. The molecule has 6 nitrogen and oxygen atoms in total. The van der Waals surface area contributed by atoms with Crippen LogP contribution in [0.25, 0.3) is 0 Å². The highest BCUT2D eigenvalue weighted by atomic mass is 16.4. The van der Waals surface area contributed by atoms with Crippen molar-refractivity contribution in [3.63, 3.8) is 0 Å². The maximum absolute atomic E-state index is 12.0. The first kappa shape index (κ1) is 14.8. The van der Waals surface area contributed by atoms with Crippen LogP contribution in [0.4, 0.5) is 4.79 Å². The standard InChI is InChI=1S/C12H22N2O4/c1-9-5-7-14(8-10(9)15)12(18)13(2)6-3-4-11(16)17/h9-10,15H,3-8H2,1-2H3,(H,16,17). The second kappa shape index (κ2) is 6.58. The molecular formula is C12H22N2O4. The Morgan fingerprint density at radius 3 is 2.67 bits per heavy atom. The predicted octanol–water partition coefficient (Wildman–Crippen LogP) is 0.606. The van der Waals surface area contributed by atoms with Crippen molar-refractivity contribution >= 4 is 12.0 Å². The smallest absolute Gasteiger partial charge is 0.319 e. The van der Waals surface area contributed by atoms with Crippen molar-refractivity contribution in [2.45, 2.75) is 32.3 Å². The van der Waals surface area contributed by atoms with Crippen molar-refractivity contribution in [3.05, 3.63) is 0 Å².